The number of furan rings is 1. The molecule has 19 heavy (non-hydrogen) atoms. The average molecular weight is 264 g/mol. The van der Waals surface area contributed by atoms with E-state index in [-0.39, 0.29) is 0 Å². The molecular formula is C16H28N2O. The third-order valence-corrected chi connectivity index (χ3v) is 4.48. The summed E-state index contributed by atoms with van der Waals surface area (Å²) in [5, 5.41) is 3.60. The molecule has 0 amide bonds. The fourth-order valence-corrected chi connectivity index (χ4v) is 3.36. The van der Waals surface area contributed by atoms with Gasteiger partial charge < -0.3 is 9.73 Å². The maximum Gasteiger partial charge on any atom is 0.105 e. The molecule has 1 aromatic rings. The van der Waals surface area contributed by atoms with Gasteiger partial charge in [0.05, 0.1) is 0 Å². The van der Waals surface area contributed by atoms with Gasteiger partial charge in [0.1, 0.15) is 11.5 Å². The molecule has 0 bridgehead atoms. The van der Waals surface area contributed by atoms with Crippen LogP contribution in [0.15, 0.2) is 10.5 Å². The molecule has 1 aliphatic rings. The normalized spacial score (nSPS) is 26.6. The standard InChI is InChI=1S/C16H28N2O/c1-6-17-16-7-8-18(10-11(16)2)13(4)15-9-12(3)19-14(15)5/h9,11,13,16-17H,6-8,10H2,1-5H3. The molecule has 0 aliphatic carbocycles. The third kappa shape index (κ3) is 3.21. The van der Waals surface area contributed by atoms with Crippen LogP contribution in [0.2, 0.25) is 0 Å². The van der Waals surface area contributed by atoms with Crippen molar-refractivity contribution in [1.29, 1.82) is 0 Å². The molecule has 1 saturated heterocycles. The second-order valence-corrected chi connectivity index (χ2v) is 5.97. The summed E-state index contributed by atoms with van der Waals surface area (Å²) in [5.74, 6) is 2.81. The van der Waals surface area contributed by atoms with Crippen LogP contribution in [0.25, 0.3) is 0 Å². The van der Waals surface area contributed by atoms with Gasteiger partial charge >= 0.3 is 0 Å². The van der Waals surface area contributed by atoms with Crippen LogP contribution >= 0.6 is 0 Å². The van der Waals surface area contributed by atoms with Gasteiger partial charge in [-0.2, -0.15) is 0 Å². The number of rotatable bonds is 4. The zero-order chi connectivity index (χ0) is 14.0. The topological polar surface area (TPSA) is 28.4 Å². The monoisotopic (exact) mass is 264 g/mol. The lowest BCUT2D eigenvalue weighted by atomic mass is 9.92. The largest absolute Gasteiger partial charge is 0.466 e. The minimum absolute atomic E-state index is 0.461. The number of nitrogens with one attached hydrogen (secondary N) is 1. The Labute approximate surface area is 117 Å². The van der Waals surface area contributed by atoms with E-state index in [1.165, 1.54) is 25.1 Å². The van der Waals surface area contributed by atoms with Gasteiger partial charge in [0.15, 0.2) is 0 Å². The summed E-state index contributed by atoms with van der Waals surface area (Å²) in [6.45, 7) is 14.4. The van der Waals surface area contributed by atoms with Gasteiger partial charge in [-0.25, -0.2) is 0 Å². The lowest BCUT2D eigenvalue weighted by Gasteiger charge is -2.40. The molecule has 1 N–H and O–H groups in total. The highest BCUT2D eigenvalue weighted by Crippen LogP contribution is 2.30. The van der Waals surface area contributed by atoms with Crippen LogP contribution in [-0.2, 0) is 0 Å². The number of hydrogen-bond acceptors (Lipinski definition) is 3. The van der Waals surface area contributed by atoms with E-state index in [1.54, 1.807) is 0 Å². The minimum Gasteiger partial charge on any atom is -0.466 e. The molecule has 1 aliphatic heterocycles. The lowest BCUT2D eigenvalue weighted by Crippen LogP contribution is -2.48. The van der Waals surface area contributed by atoms with E-state index in [1.807, 2.05) is 6.92 Å². The first kappa shape index (κ1) is 14.6. The molecule has 0 spiro atoms. The first-order valence-electron chi connectivity index (χ1n) is 7.57. The first-order valence-corrected chi connectivity index (χ1v) is 7.57. The third-order valence-electron chi connectivity index (χ3n) is 4.48. The van der Waals surface area contributed by atoms with E-state index in [4.69, 9.17) is 4.42 Å². The average Bonchev–Trinajstić information content (AvgIpc) is 2.70. The lowest BCUT2D eigenvalue weighted by molar-refractivity contribution is 0.111. The summed E-state index contributed by atoms with van der Waals surface area (Å²) in [6.07, 6.45) is 1.25. The second kappa shape index (κ2) is 6.10. The molecule has 0 saturated carbocycles. The van der Waals surface area contributed by atoms with Gasteiger partial charge in [0.25, 0.3) is 0 Å². The van der Waals surface area contributed by atoms with Crippen molar-refractivity contribution in [2.75, 3.05) is 19.6 Å². The quantitative estimate of drug-likeness (QED) is 0.904. The van der Waals surface area contributed by atoms with Crippen molar-refractivity contribution in [3.8, 4) is 0 Å². The molecule has 0 aromatic carbocycles. The molecule has 1 fully saturated rings. The predicted octanol–water partition coefficient (Wildman–Crippen LogP) is 3.28. The van der Waals surface area contributed by atoms with Gasteiger partial charge in [-0.15, -0.1) is 0 Å². The highest BCUT2D eigenvalue weighted by atomic mass is 16.3. The number of nitrogens with zero attached hydrogens (tertiary/aromatic N) is 1. The summed E-state index contributed by atoms with van der Waals surface area (Å²) in [6, 6.07) is 3.34. The number of likely N-dealkylation sites (tertiary alicyclic amines) is 1. The first-order chi connectivity index (χ1) is 9.02. The van der Waals surface area contributed by atoms with Gasteiger partial charge in [0, 0.05) is 30.7 Å². The van der Waals surface area contributed by atoms with Crippen molar-refractivity contribution in [2.24, 2.45) is 5.92 Å². The zero-order valence-electron chi connectivity index (χ0n) is 13.0. The SMILES string of the molecule is CCNC1CCN(C(C)c2cc(C)oc2C)CC1C. The molecule has 3 heteroatoms. The highest BCUT2D eigenvalue weighted by molar-refractivity contribution is 5.23. The molecule has 1 aromatic heterocycles. The van der Waals surface area contributed by atoms with E-state index in [2.05, 4.69) is 44.0 Å². The van der Waals surface area contributed by atoms with Crippen LogP contribution < -0.4 is 5.32 Å². The van der Waals surface area contributed by atoms with Gasteiger partial charge in [0.2, 0.25) is 0 Å². The van der Waals surface area contributed by atoms with E-state index in [0.29, 0.717) is 18.0 Å². The zero-order valence-corrected chi connectivity index (χ0v) is 13.0. The Morgan fingerprint density at radius 3 is 2.74 bits per heavy atom. The summed E-state index contributed by atoms with van der Waals surface area (Å²) < 4.78 is 5.67. The van der Waals surface area contributed by atoms with Crippen molar-refractivity contribution in [3.05, 3.63) is 23.2 Å². The maximum absolute atomic E-state index is 5.67. The smallest absolute Gasteiger partial charge is 0.105 e. The summed E-state index contributed by atoms with van der Waals surface area (Å²) in [7, 11) is 0. The van der Waals surface area contributed by atoms with Crippen LogP contribution in [0.1, 0.15) is 50.3 Å². The van der Waals surface area contributed by atoms with Crippen LogP contribution in [0.5, 0.6) is 0 Å². The molecule has 108 valence electrons. The van der Waals surface area contributed by atoms with Crippen molar-refractivity contribution in [3.63, 3.8) is 0 Å². The fourth-order valence-electron chi connectivity index (χ4n) is 3.36. The Morgan fingerprint density at radius 2 is 2.21 bits per heavy atom. The Hall–Kier alpha value is -0.800. The van der Waals surface area contributed by atoms with E-state index < -0.39 is 0 Å². The van der Waals surface area contributed by atoms with Crippen LogP contribution in [-0.4, -0.2) is 30.6 Å². The summed E-state index contributed by atoms with van der Waals surface area (Å²) in [5.41, 5.74) is 1.35. The number of hydrogen-bond donors (Lipinski definition) is 1. The van der Waals surface area contributed by atoms with Gasteiger partial charge in [-0.05, 0) is 45.7 Å². The Bertz CT molecular complexity index is 413. The molecule has 3 unspecified atom stereocenters. The van der Waals surface area contributed by atoms with Crippen LogP contribution in [0.4, 0.5) is 0 Å². The van der Waals surface area contributed by atoms with Crippen molar-refractivity contribution in [1.82, 2.24) is 10.2 Å². The van der Waals surface area contributed by atoms with Crippen molar-refractivity contribution in [2.45, 2.75) is 53.1 Å². The van der Waals surface area contributed by atoms with E-state index >= 15 is 0 Å². The maximum atomic E-state index is 5.67. The van der Waals surface area contributed by atoms with E-state index in [9.17, 15) is 0 Å². The minimum atomic E-state index is 0.461. The molecule has 2 heterocycles. The molecule has 2 rings (SSSR count). The fraction of sp³-hybridized carbons (Fsp3) is 0.750. The van der Waals surface area contributed by atoms with Crippen LogP contribution in [0, 0.1) is 19.8 Å². The molecule has 0 radical (unpaired) electrons. The van der Waals surface area contributed by atoms with E-state index in [0.717, 1.165) is 18.1 Å². The van der Waals surface area contributed by atoms with Gasteiger partial charge in [-0.3, -0.25) is 4.90 Å². The predicted molar refractivity (Wildman–Crippen MR) is 79.4 cm³/mol. The summed E-state index contributed by atoms with van der Waals surface area (Å²) >= 11 is 0. The Morgan fingerprint density at radius 1 is 1.47 bits per heavy atom. The number of aryl methyl sites for hydroxylation is 2. The van der Waals surface area contributed by atoms with Gasteiger partial charge in [-0.1, -0.05) is 13.8 Å². The highest BCUT2D eigenvalue weighted by Gasteiger charge is 2.29. The molecule has 3 nitrogen and oxygen atoms in total. The number of piperidine rings is 1. The Balaban J connectivity index is 2.02. The summed E-state index contributed by atoms with van der Waals surface area (Å²) in [4.78, 5) is 2.59. The molecule has 3 atom stereocenters. The Kier molecular flexibility index (Phi) is 4.69. The van der Waals surface area contributed by atoms with Crippen LogP contribution in [0.3, 0.4) is 0 Å². The second-order valence-electron chi connectivity index (χ2n) is 5.97. The molecular weight excluding hydrogens is 236 g/mol. The van der Waals surface area contributed by atoms with Crippen molar-refractivity contribution < 1.29 is 4.42 Å². The van der Waals surface area contributed by atoms with Crippen molar-refractivity contribution >= 4 is 0 Å².